The molecule has 1 atom stereocenters. The Balaban J connectivity index is 2.40. The largest absolute Gasteiger partial charge is 0.388 e. The summed E-state index contributed by atoms with van der Waals surface area (Å²) in [6.45, 7) is 1.87. The fraction of sp³-hybridized carbons (Fsp3) is 0.143. The predicted octanol–water partition coefficient (Wildman–Crippen LogP) is 2.46. The van der Waals surface area contributed by atoms with Crippen LogP contribution in [0.25, 0.3) is 0 Å². The van der Waals surface area contributed by atoms with Gasteiger partial charge in [0.25, 0.3) is 0 Å². The molecule has 0 amide bonds. The third-order valence-electron chi connectivity index (χ3n) is 2.44. The van der Waals surface area contributed by atoms with Crippen LogP contribution in [0.3, 0.4) is 0 Å². The van der Waals surface area contributed by atoms with Crippen molar-refractivity contribution in [2.45, 2.75) is 12.8 Å². The lowest BCUT2D eigenvalue weighted by molar-refractivity contribution is 0.280. The third-order valence-corrected chi connectivity index (χ3v) is 4.90. The lowest BCUT2D eigenvalue weighted by atomic mass is 10.4. The van der Waals surface area contributed by atoms with Gasteiger partial charge in [-0.15, -0.1) is 0 Å². The van der Waals surface area contributed by atoms with E-state index in [4.69, 9.17) is 0 Å². The van der Waals surface area contributed by atoms with Crippen LogP contribution >= 0.6 is 7.92 Å². The molecule has 1 N–H and O–H groups in total. The minimum Gasteiger partial charge on any atom is -0.388 e. The van der Waals surface area contributed by atoms with Gasteiger partial charge in [-0.05, 0) is 25.5 Å². The molecule has 0 aromatic heterocycles. The Hall–Kier alpha value is -1.17. The van der Waals surface area contributed by atoms with Crippen molar-refractivity contribution in [3.63, 3.8) is 0 Å². The van der Waals surface area contributed by atoms with E-state index in [9.17, 15) is 5.11 Å². The van der Waals surface area contributed by atoms with Gasteiger partial charge >= 0.3 is 0 Å². The highest BCUT2D eigenvalue weighted by atomic mass is 31.1. The van der Waals surface area contributed by atoms with Crippen LogP contribution in [-0.2, 0) is 0 Å². The molecule has 2 aromatic rings. The zero-order valence-electron chi connectivity index (χ0n) is 9.25. The molecule has 0 spiro atoms. The Morgan fingerprint density at radius 1 is 0.812 bits per heavy atom. The van der Waals surface area contributed by atoms with Gasteiger partial charge in [0, 0.05) is 0 Å². The van der Waals surface area contributed by atoms with Crippen molar-refractivity contribution in [1.82, 2.24) is 0 Å². The first-order chi connectivity index (χ1) is 7.79. The van der Waals surface area contributed by atoms with E-state index < -0.39 is 7.92 Å². The van der Waals surface area contributed by atoms with Crippen molar-refractivity contribution < 1.29 is 5.11 Å². The molecule has 0 radical (unpaired) electrons. The molecule has 2 heteroatoms. The van der Waals surface area contributed by atoms with Crippen molar-refractivity contribution in [3.8, 4) is 0 Å². The monoisotopic (exact) mass is 230 g/mol. The zero-order valence-corrected chi connectivity index (χ0v) is 10.1. The summed E-state index contributed by atoms with van der Waals surface area (Å²) < 4.78 is 0. The standard InChI is InChI=1S/C14H15OP/c1-12(15)16(13-8-4-2-5-9-13)14-10-6-3-7-11-14/h2-12,15H,1H3/t12-/m0/s1. The first-order valence-corrected chi connectivity index (χ1v) is 6.77. The maximum atomic E-state index is 9.95. The molecule has 82 valence electrons. The molecule has 0 fully saturated rings. The van der Waals surface area contributed by atoms with Gasteiger partial charge in [0.2, 0.25) is 0 Å². The summed E-state index contributed by atoms with van der Waals surface area (Å²) in [5.41, 5.74) is 0. The van der Waals surface area contributed by atoms with Gasteiger partial charge in [-0.1, -0.05) is 60.7 Å². The maximum Gasteiger partial charge on any atom is 0.0785 e. The second-order valence-corrected chi connectivity index (χ2v) is 6.19. The number of rotatable bonds is 3. The van der Waals surface area contributed by atoms with Gasteiger partial charge in [0.15, 0.2) is 0 Å². The molecule has 0 heterocycles. The Kier molecular flexibility index (Phi) is 3.71. The Morgan fingerprint density at radius 2 is 1.19 bits per heavy atom. The predicted molar refractivity (Wildman–Crippen MR) is 70.8 cm³/mol. The van der Waals surface area contributed by atoms with Crippen LogP contribution in [0.4, 0.5) is 0 Å². The summed E-state index contributed by atoms with van der Waals surface area (Å²) in [4.78, 5) is 0. The van der Waals surface area contributed by atoms with E-state index in [-0.39, 0.29) is 5.85 Å². The molecule has 1 nitrogen and oxygen atoms in total. The maximum absolute atomic E-state index is 9.95. The van der Waals surface area contributed by atoms with Crippen LogP contribution in [0.15, 0.2) is 60.7 Å². The Bertz CT molecular complexity index is 386. The van der Waals surface area contributed by atoms with Gasteiger partial charge in [0.05, 0.1) is 5.85 Å². The molecule has 2 aromatic carbocycles. The second-order valence-electron chi connectivity index (χ2n) is 3.67. The van der Waals surface area contributed by atoms with E-state index in [0.717, 1.165) is 0 Å². The van der Waals surface area contributed by atoms with Gasteiger partial charge in [-0.25, -0.2) is 0 Å². The van der Waals surface area contributed by atoms with Crippen molar-refractivity contribution in [2.75, 3.05) is 0 Å². The third kappa shape index (κ3) is 2.49. The molecule has 0 aliphatic heterocycles. The van der Waals surface area contributed by atoms with E-state index in [1.165, 1.54) is 10.6 Å². The number of hydrogen-bond donors (Lipinski definition) is 1. The van der Waals surface area contributed by atoms with E-state index >= 15 is 0 Å². The quantitative estimate of drug-likeness (QED) is 0.803. The fourth-order valence-electron chi connectivity index (χ4n) is 1.76. The average molecular weight is 230 g/mol. The van der Waals surface area contributed by atoms with Crippen LogP contribution < -0.4 is 10.6 Å². The minimum atomic E-state index is -0.654. The second kappa shape index (κ2) is 5.25. The van der Waals surface area contributed by atoms with E-state index in [0.29, 0.717) is 0 Å². The number of aliphatic hydroxyl groups excluding tert-OH is 1. The lowest BCUT2D eigenvalue weighted by Gasteiger charge is -2.21. The normalized spacial score (nSPS) is 12.7. The summed E-state index contributed by atoms with van der Waals surface area (Å²) in [7, 11) is -0.654. The molecule has 0 aliphatic carbocycles. The van der Waals surface area contributed by atoms with E-state index in [1.54, 1.807) is 0 Å². The molecular weight excluding hydrogens is 215 g/mol. The van der Waals surface area contributed by atoms with Crippen molar-refractivity contribution in [1.29, 1.82) is 0 Å². The topological polar surface area (TPSA) is 20.2 Å². The van der Waals surface area contributed by atoms with Gasteiger partial charge in [-0.2, -0.15) is 0 Å². The van der Waals surface area contributed by atoms with Crippen molar-refractivity contribution in [3.05, 3.63) is 60.7 Å². The molecule has 0 unspecified atom stereocenters. The molecule has 0 aliphatic rings. The van der Waals surface area contributed by atoms with Gasteiger partial charge in [0.1, 0.15) is 0 Å². The summed E-state index contributed by atoms with van der Waals surface area (Å²) in [5.74, 6) is -0.320. The molecular formula is C14H15OP. The summed E-state index contributed by atoms with van der Waals surface area (Å²) in [6.07, 6.45) is 0. The molecule has 0 bridgehead atoms. The van der Waals surface area contributed by atoms with Crippen molar-refractivity contribution >= 4 is 18.5 Å². The molecule has 0 saturated carbocycles. The molecule has 2 rings (SSSR count). The highest BCUT2D eigenvalue weighted by Crippen LogP contribution is 2.37. The number of aliphatic hydroxyl groups is 1. The fourth-order valence-corrected chi connectivity index (χ4v) is 3.91. The smallest absolute Gasteiger partial charge is 0.0785 e. The lowest BCUT2D eigenvalue weighted by Crippen LogP contribution is -2.19. The van der Waals surface area contributed by atoms with Crippen LogP contribution in [-0.4, -0.2) is 11.0 Å². The summed E-state index contributed by atoms with van der Waals surface area (Å²) >= 11 is 0. The number of hydrogen-bond acceptors (Lipinski definition) is 1. The van der Waals surface area contributed by atoms with E-state index in [2.05, 4.69) is 24.3 Å². The van der Waals surface area contributed by atoms with Crippen LogP contribution in [0.1, 0.15) is 6.92 Å². The number of benzene rings is 2. The highest BCUT2D eigenvalue weighted by molar-refractivity contribution is 7.73. The van der Waals surface area contributed by atoms with Gasteiger partial charge in [-0.3, -0.25) is 0 Å². The average Bonchev–Trinajstić information content (AvgIpc) is 2.31. The summed E-state index contributed by atoms with van der Waals surface area (Å²) in [6, 6.07) is 20.5. The first kappa shape index (κ1) is 11.3. The Morgan fingerprint density at radius 3 is 1.50 bits per heavy atom. The van der Waals surface area contributed by atoms with Gasteiger partial charge < -0.3 is 5.11 Å². The first-order valence-electron chi connectivity index (χ1n) is 5.36. The Labute approximate surface area is 97.5 Å². The zero-order chi connectivity index (χ0) is 11.4. The van der Waals surface area contributed by atoms with Crippen LogP contribution in [0.5, 0.6) is 0 Å². The van der Waals surface area contributed by atoms with Crippen LogP contribution in [0.2, 0.25) is 0 Å². The highest BCUT2D eigenvalue weighted by Gasteiger charge is 2.18. The SMILES string of the molecule is C[C@@H](O)P(c1ccccc1)c1ccccc1. The molecule has 16 heavy (non-hydrogen) atoms. The molecule has 0 saturated heterocycles. The van der Waals surface area contributed by atoms with E-state index in [1.807, 2.05) is 43.3 Å². The van der Waals surface area contributed by atoms with Crippen molar-refractivity contribution in [2.24, 2.45) is 0 Å². The summed E-state index contributed by atoms with van der Waals surface area (Å²) in [5, 5.41) is 12.4. The minimum absolute atomic E-state index is 0.320. The van der Waals surface area contributed by atoms with Crippen LogP contribution in [0, 0.1) is 0 Å².